The molecule has 0 bridgehead atoms. The van der Waals surface area contributed by atoms with E-state index in [0.29, 0.717) is 22.0 Å². The number of nitrogens with one attached hydrogen (secondary N) is 2. The summed E-state index contributed by atoms with van der Waals surface area (Å²) in [6, 6.07) is 18.6. The fourth-order valence-corrected chi connectivity index (χ4v) is 3.12. The molecule has 4 N–H and O–H groups in total. The fourth-order valence-electron chi connectivity index (χ4n) is 2.88. The highest BCUT2D eigenvalue weighted by molar-refractivity contribution is 7.84. The topological polar surface area (TPSA) is 91.9 Å². The number of carbonyl (C=O) groups excluding carboxylic acids is 1. The number of thiol groups is 1. The van der Waals surface area contributed by atoms with Crippen LogP contribution >= 0.6 is 12.6 Å². The minimum Gasteiger partial charge on any atom is -0.383 e. The molecule has 0 aliphatic heterocycles. The highest BCUT2D eigenvalue weighted by Crippen LogP contribution is 2.30. The van der Waals surface area contributed by atoms with Crippen LogP contribution in [0.15, 0.2) is 93.9 Å². The monoisotopic (exact) mass is 497 g/mol. The van der Waals surface area contributed by atoms with Crippen LogP contribution in [0, 0.1) is 6.92 Å². The molecule has 10 heteroatoms. The van der Waals surface area contributed by atoms with E-state index in [9.17, 15) is 18.0 Å². The third-order valence-electron chi connectivity index (χ3n) is 4.72. The number of para-hydroxylation sites is 1. The van der Waals surface area contributed by atoms with Crippen molar-refractivity contribution in [2.24, 2.45) is 15.7 Å². The summed E-state index contributed by atoms with van der Waals surface area (Å²) in [5.74, 6) is -0.215. The number of carbonyl (C=O) groups is 1. The highest BCUT2D eigenvalue weighted by atomic mass is 32.1. The lowest BCUT2D eigenvalue weighted by Gasteiger charge is -2.09. The molecule has 0 fully saturated rings. The molecule has 0 unspecified atom stereocenters. The Morgan fingerprint density at radius 2 is 1.63 bits per heavy atom. The van der Waals surface area contributed by atoms with Crippen molar-refractivity contribution in [1.82, 2.24) is 0 Å². The van der Waals surface area contributed by atoms with E-state index >= 15 is 0 Å². The maximum absolute atomic E-state index is 12.6. The van der Waals surface area contributed by atoms with Crippen molar-refractivity contribution in [3.8, 4) is 0 Å². The molecule has 0 heterocycles. The zero-order valence-corrected chi connectivity index (χ0v) is 19.4. The zero-order chi connectivity index (χ0) is 25.4. The number of hydrogen-bond acceptors (Lipinski definition) is 4. The second kappa shape index (κ2) is 11.4. The van der Waals surface area contributed by atoms with Crippen LogP contribution in [0.5, 0.6) is 0 Å². The summed E-state index contributed by atoms with van der Waals surface area (Å²) in [7, 11) is 0. The number of amides is 1. The van der Waals surface area contributed by atoms with E-state index in [1.807, 2.05) is 31.2 Å². The number of halogens is 3. The molecule has 0 radical (unpaired) electrons. The molecule has 0 aliphatic rings. The first kappa shape index (κ1) is 25.6. The molecule has 1 amide bonds. The van der Waals surface area contributed by atoms with Gasteiger partial charge in [-0.05, 0) is 67.1 Å². The van der Waals surface area contributed by atoms with Gasteiger partial charge in [-0.1, -0.05) is 18.2 Å². The van der Waals surface area contributed by atoms with Crippen LogP contribution in [-0.4, -0.2) is 18.1 Å². The zero-order valence-electron chi connectivity index (χ0n) is 18.5. The summed E-state index contributed by atoms with van der Waals surface area (Å²) in [4.78, 5) is 20.2. The first-order valence-electron chi connectivity index (χ1n) is 10.3. The molecule has 0 aromatic heterocycles. The van der Waals surface area contributed by atoms with Crippen LogP contribution in [0.25, 0.3) is 0 Å². The maximum Gasteiger partial charge on any atom is 0.416 e. The molecular formula is C25H22F3N5OS. The van der Waals surface area contributed by atoms with Crippen molar-refractivity contribution >= 4 is 47.8 Å². The Hall–Kier alpha value is -4.05. The average molecular weight is 498 g/mol. The van der Waals surface area contributed by atoms with E-state index in [1.54, 1.807) is 24.3 Å². The molecule has 3 aromatic carbocycles. The van der Waals surface area contributed by atoms with Gasteiger partial charge in [0.1, 0.15) is 12.2 Å². The van der Waals surface area contributed by atoms with Crippen molar-refractivity contribution in [2.75, 3.05) is 10.6 Å². The number of nitrogens with two attached hydrogens (primary N) is 1. The van der Waals surface area contributed by atoms with Gasteiger partial charge in [-0.3, -0.25) is 4.79 Å². The number of alkyl halides is 3. The molecule has 6 nitrogen and oxygen atoms in total. The third-order valence-corrected chi connectivity index (χ3v) is 4.96. The Kier molecular flexibility index (Phi) is 8.32. The maximum atomic E-state index is 12.6. The average Bonchev–Trinajstić information content (AvgIpc) is 2.80. The number of nitrogens with zero attached hydrogens (tertiary/aromatic N) is 2. The molecular weight excluding hydrogens is 475 g/mol. The van der Waals surface area contributed by atoms with Crippen LogP contribution in [0.2, 0.25) is 0 Å². The van der Waals surface area contributed by atoms with Gasteiger partial charge in [-0.15, -0.1) is 12.6 Å². The molecule has 0 atom stereocenters. The van der Waals surface area contributed by atoms with Gasteiger partial charge in [0.25, 0.3) is 5.91 Å². The predicted molar refractivity (Wildman–Crippen MR) is 137 cm³/mol. The number of anilines is 2. The van der Waals surface area contributed by atoms with E-state index in [4.69, 9.17) is 5.73 Å². The Labute approximate surface area is 205 Å². The van der Waals surface area contributed by atoms with Gasteiger partial charge < -0.3 is 16.4 Å². The van der Waals surface area contributed by atoms with Crippen LogP contribution in [0.4, 0.5) is 30.2 Å². The Balaban J connectivity index is 1.57. The molecule has 3 rings (SSSR count). The van der Waals surface area contributed by atoms with Gasteiger partial charge in [-0.25, -0.2) is 9.98 Å². The predicted octanol–water partition coefficient (Wildman–Crippen LogP) is 5.90. The summed E-state index contributed by atoms with van der Waals surface area (Å²) < 4.78 is 37.8. The second-order valence-corrected chi connectivity index (χ2v) is 7.82. The SMILES string of the molecule is Cc1ccccc1N/C(S)=C/C(=O)Nc1ccc(C(N)=NC=Nc2ccc(C(F)(F)F)cc2)cc1. The minimum atomic E-state index is -4.40. The van der Waals surface area contributed by atoms with Gasteiger partial charge >= 0.3 is 6.18 Å². The molecule has 0 saturated carbocycles. The van der Waals surface area contributed by atoms with Gasteiger partial charge in [0, 0.05) is 23.0 Å². The van der Waals surface area contributed by atoms with Crippen molar-refractivity contribution in [3.63, 3.8) is 0 Å². The molecule has 35 heavy (non-hydrogen) atoms. The van der Waals surface area contributed by atoms with E-state index in [2.05, 4.69) is 33.2 Å². The van der Waals surface area contributed by atoms with Crippen LogP contribution in [0.1, 0.15) is 16.7 Å². The van der Waals surface area contributed by atoms with Gasteiger partial charge in [-0.2, -0.15) is 13.2 Å². The summed E-state index contributed by atoms with van der Waals surface area (Å²) in [6.45, 7) is 1.95. The van der Waals surface area contributed by atoms with Crippen molar-refractivity contribution in [2.45, 2.75) is 13.1 Å². The minimum absolute atomic E-state index is 0.151. The van der Waals surface area contributed by atoms with Crippen molar-refractivity contribution in [1.29, 1.82) is 0 Å². The van der Waals surface area contributed by atoms with E-state index in [0.717, 1.165) is 29.7 Å². The lowest BCUT2D eigenvalue weighted by atomic mass is 10.2. The van der Waals surface area contributed by atoms with Gasteiger partial charge in [0.15, 0.2) is 0 Å². The van der Waals surface area contributed by atoms with Crippen LogP contribution in [-0.2, 0) is 11.0 Å². The smallest absolute Gasteiger partial charge is 0.383 e. The Bertz CT molecular complexity index is 1270. The summed E-state index contributed by atoms with van der Waals surface area (Å²) in [5, 5.41) is 6.18. The molecule has 0 spiro atoms. The van der Waals surface area contributed by atoms with E-state index in [1.165, 1.54) is 18.2 Å². The number of amidine groups is 1. The van der Waals surface area contributed by atoms with Gasteiger partial charge in [0.2, 0.25) is 0 Å². The molecule has 0 aliphatic carbocycles. The van der Waals surface area contributed by atoms with Crippen molar-refractivity contribution < 1.29 is 18.0 Å². The lowest BCUT2D eigenvalue weighted by molar-refractivity contribution is -0.137. The molecule has 0 saturated heterocycles. The number of aliphatic imine (C=N–C) groups is 2. The second-order valence-electron chi connectivity index (χ2n) is 7.34. The molecule has 3 aromatic rings. The van der Waals surface area contributed by atoms with Crippen LogP contribution in [0.3, 0.4) is 0 Å². The van der Waals surface area contributed by atoms with Gasteiger partial charge in [0.05, 0.1) is 16.3 Å². The summed E-state index contributed by atoms with van der Waals surface area (Å²) >= 11 is 4.31. The number of hydrogen-bond donors (Lipinski definition) is 4. The number of benzene rings is 3. The number of rotatable bonds is 7. The Morgan fingerprint density at radius 3 is 2.26 bits per heavy atom. The molecule has 180 valence electrons. The van der Waals surface area contributed by atoms with E-state index < -0.39 is 11.7 Å². The lowest BCUT2D eigenvalue weighted by Crippen LogP contribution is -2.14. The first-order chi connectivity index (χ1) is 16.6. The fraction of sp³-hybridized carbons (Fsp3) is 0.0800. The highest BCUT2D eigenvalue weighted by Gasteiger charge is 2.29. The van der Waals surface area contributed by atoms with Crippen LogP contribution < -0.4 is 16.4 Å². The summed E-state index contributed by atoms with van der Waals surface area (Å²) in [6.07, 6.45) is -1.91. The van der Waals surface area contributed by atoms with Crippen molar-refractivity contribution in [3.05, 3.63) is 101 Å². The number of aryl methyl sites for hydroxylation is 1. The van der Waals surface area contributed by atoms with E-state index in [-0.39, 0.29) is 11.7 Å². The Morgan fingerprint density at radius 1 is 0.971 bits per heavy atom. The summed E-state index contributed by atoms with van der Waals surface area (Å²) in [5.41, 5.74) is 8.48. The quantitative estimate of drug-likeness (QED) is 0.142. The normalized spacial score (nSPS) is 12.6. The largest absolute Gasteiger partial charge is 0.416 e. The standard InChI is InChI=1S/C25H22F3N5OS/c1-16-4-2-3-5-21(16)33-23(35)14-22(34)32-20-10-6-17(7-11-20)24(29)31-15-30-19-12-8-18(9-13-19)25(26,27)28/h2-15,33,35H,1H3,(H,32,34)(H2,29,30,31)/b23-14-. The first-order valence-corrected chi connectivity index (χ1v) is 10.7. The third kappa shape index (κ3) is 7.75.